The van der Waals surface area contributed by atoms with Gasteiger partial charge in [-0.25, -0.2) is 4.79 Å². The van der Waals surface area contributed by atoms with E-state index in [1.54, 1.807) is 6.07 Å². The fourth-order valence-corrected chi connectivity index (χ4v) is 1.50. The minimum atomic E-state index is -1.21. The fraction of sp³-hybridized carbons (Fsp3) is 0.333. The zero-order chi connectivity index (χ0) is 14.4. The number of hydrogen-bond acceptors (Lipinski definition) is 5. The Morgan fingerprint density at radius 2 is 2.16 bits per heavy atom. The van der Waals surface area contributed by atoms with E-state index in [1.165, 1.54) is 19.2 Å². The molecule has 1 unspecified atom stereocenters. The number of nitrogen functional groups attached to an aromatic ring is 1. The van der Waals surface area contributed by atoms with E-state index in [4.69, 9.17) is 20.7 Å². The first kappa shape index (κ1) is 14.8. The Morgan fingerprint density at radius 3 is 2.63 bits per heavy atom. The van der Waals surface area contributed by atoms with Gasteiger partial charge in [0, 0.05) is 24.8 Å². The number of methoxy groups -OCH3 is 1. The minimum Gasteiger partial charge on any atom is -0.497 e. The number of anilines is 1. The van der Waals surface area contributed by atoms with Gasteiger partial charge in [0.2, 0.25) is 0 Å². The molecule has 1 atom stereocenters. The van der Waals surface area contributed by atoms with Crippen LogP contribution in [-0.4, -0.2) is 41.8 Å². The van der Waals surface area contributed by atoms with Crippen LogP contribution in [0.4, 0.5) is 5.69 Å². The number of aliphatic carboxylic acids is 1. The molecule has 0 aliphatic carbocycles. The van der Waals surface area contributed by atoms with Gasteiger partial charge in [0.15, 0.2) is 0 Å². The van der Waals surface area contributed by atoms with Crippen LogP contribution in [-0.2, 0) is 4.79 Å². The van der Waals surface area contributed by atoms with Gasteiger partial charge in [0.05, 0.1) is 12.7 Å². The molecule has 1 aromatic carbocycles. The molecular weight excluding hydrogens is 252 g/mol. The van der Waals surface area contributed by atoms with Gasteiger partial charge < -0.3 is 26.0 Å². The average Bonchev–Trinajstić information content (AvgIpc) is 2.37. The second-order valence-corrected chi connectivity index (χ2v) is 3.83. The van der Waals surface area contributed by atoms with Gasteiger partial charge in [-0.2, -0.15) is 0 Å². The van der Waals surface area contributed by atoms with Crippen LogP contribution in [0, 0.1) is 0 Å². The third kappa shape index (κ3) is 3.85. The van der Waals surface area contributed by atoms with Crippen molar-refractivity contribution in [3.63, 3.8) is 0 Å². The van der Waals surface area contributed by atoms with E-state index in [2.05, 4.69) is 5.32 Å². The average molecular weight is 268 g/mol. The van der Waals surface area contributed by atoms with E-state index in [0.29, 0.717) is 5.75 Å². The minimum absolute atomic E-state index is 0.0723. The molecule has 0 aliphatic heterocycles. The van der Waals surface area contributed by atoms with Crippen LogP contribution in [0.25, 0.3) is 0 Å². The Kier molecular flexibility index (Phi) is 5.13. The summed E-state index contributed by atoms with van der Waals surface area (Å²) < 4.78 is 4.95. The lowest BCUT2D eigenvalue weighted by Crippen LogP contribution is -2.41. The van der Waals surface area contributed by atoms with Crippen LogP contribution in [0.15, 0.2) is 18.2 Å². The molecule has 7 heteroatoms. The van der Waals surface area contributed by atoms with E-state index >= 15 is 0 Å². The van der Waals surface area contributed by atoms with E-state index in [-0.39, 0.29) is 24.3 Å². The number of amides is 1. The van der Waals surface area contributed by atoms with Crippen LogP contribution >= 0.6 is 0 Å². The summed E-state index contributed by atoms with van der Waals surface area (Å²) in [7, 11) is 1.47. The quantitative estimate of drug-likeness (QED) is 0.532. The van der Waals surface area contributed by atoms with Crippen LogP contribution in [0.5, 0.6) is 5.75 Å². The van der Waals surface area contributed by atoms with E-state index < -0.39 is 17.9 Å². The van der Waals surface area contributed by atoms with Crippen LogP contribution in [0.3, 0.4) is 0 Å². The summed E-state index contributed by atoms with van der Waals surface area (Å²) in [6.07, 6.45) is -0.0723. The number of carbonyl (C=O) groups is 2. The normalized spacial score (nSPS) is 11.7. The molecule has 0 aliphatic rings. The highest BCUT2D eigenvalue weighted by Crippen LogP contribution is 2.19. The van der Waals surface area contributed by atoms with Crippen molar-refractivity contribution >= 4 is 17.6 Å². The van der Waals surface area contributed by atoms with Crippen molar-refractivity contribution in [1.82, 2.24) is 5.32 Å². The number of ether oxygens (including phenoxy) is 1. The number of hydrogen-bond donors (Lipinski definition) is 4. The summed E-state index contributed by atoms with van der Waals surface area (Å²) in [4.78, 5) is 22.7. The van der Waals surface area contributed by atoms with Gasteiger partial charge in [-0.1, -0.05) is 0 Å². The van der Waals surface area contributed by atoms with Gasteiger partial charge >= 0.3 is 5.97 Å². The molecule has 104 valence electrons. The third-order valence-corrected chi connectivity index (χ3v) is 2.52. The predicted octanol–water partition coefficient (Wildman–Crippen LogP) is -0.157. The first-order chi connectivity index (χ1) is 8.99. The lowest BCUT2D eigenvalue weighted by Gasteiger charge is -2.14. The summed E-state index contributed by atoms with van der Waals surface area (Å²) in [5, 5.41) is 19.9. The summed E-state index contributed by atoms with van der Waals surface area (Å²) in [6, 6.07) is 3.31. The Hall–Kier alpha value is -2.28. The number of benzene rings is 1. The first-order valence-corrected chi connectivity index (χ1v) is 5.57. The lowest BCUT2D eigenvalue weighted by atomic mass is 10.1. The van der Waals surface area contributed by atoms with E-state index in [9.17, 15) is 9.59 Å². The summed E-state index contributed by atoms with van der Waals surface area (Å²) in [6.45, 7) is -0.338. The first-order valence-electron chi connectivity index (χ1n) is 5.57. The van der Waals surface area contributed by atoms with Gasteiger partial charge in [0.25, 0.3) is 5.91 Å². The molecule has 19 heavy (non-hydrogen) atoms. The monoisotopic (exact) mass is 268 g/mol. The lowest BCUT2D eigenvalue weighted by molar-refractivity contribution is -0.139. The van der Waals surface area contributed by atoms with Crippen molar-refractivity contribution in [2.75, 3.05) is 19.5 Å². The number of nitrogens with one attached hydrogen (secondary N) is 1. The van der Waals surface area contributed by atoms with Crippen molar-refractivity contribution < 1.29 is 24.5 Å². The number of rotatable bonds is 6. The number of aliphatic hydroxyl groups is 1. The van der Waals surface area contributed by atoms with E-state index in [1.807, 2.05) is 0 Å². The smallest absolute Gasteiger partial charge is 0.326 e. The van der Waals surface area contributed by atoms with Crippen molar-refractivity contribution in [3.8, 4) is 5.75 Å². The molecule has 1 aromatic rings. The van der Waals surface area contributed by atoms with Crippen molar-refractivity contribution in [3.05, 3.63) is 23.8 Å². The summed E-state index contributed by atoms with van der Waals surface area (Å²) in [5.74, 6) is -1.32. The number of aliphatic hydroxyl groups excluding tert-OH is 1. The molecule has 1 rings (SSSR count). The molecular formula is C12H16N2O5. The SMILES string of the molecule is COc1ccc(C(=O)NC(CCO)C(=O)O)c(N)c1. The Balaban J connectivity index is 2.85. The molecule has 0 fully saturated rings. The molecule has 0 spiro atoms. The van der Waals surface area contributed by atoms with Gasteiger partial charge in [-0.05, 0) is 12.1 Å². The number of carboxylic acids is 1. The number of nitrogens with two attached hydrogens (primary N) is 1. The fourth-order valence-electron chi connectivity index (χ4n) is 1.50. The molecule has 0 bridgehead atoms. The summed E-state index contributed by atoms with van der Waals surface area (Å²) >= 11 is 0. The van der Waals surface area contributed by atoms with Gasteiger partial charge in [0.1, 0.15) is 11.8 Å². The third-order valence-electron chi connectivity index (χ3n) is 2.52. The van der Waals surface area contributed by atoms with Gasteiger partial charge in [-0.3, -0.25) is 4.79 Å². The van der Waals surface area contributed by atoms with Crippen molar-refractivity contribution in [1.29, 1.82) is 0 Å². The van der Waals surface area contributed by atoms with Crippen LogP contribution in [0.1, 0.15) is 16.8 Å². The number of carbonyl (C=O) groups excluding carboxylic acids is 1. The number of carboxylic acid groups (broad SMARTS) is 1. The largest absolute Gasteiger partial charge is 0.497 e. The highest BCUT2D eigenvalue weighted by molar-refractivity contribution is 6.01. The zero-order valence-corrected chi connectivity index (χ0v) is 10.4. The second-order valence-electron chi connectivity index (χ2n) is 3.83. The highest BCUT2D eigenvalue weighted by atomic mass is 16.5. The van der Waals surface area contributed by atoms with Crippen LogP contribution in [0.2, 0.25) is 0 Å². The van der Waals surface area contributed by atoms with Crippen LogP contribution < -0.4 is 15.8 Å². The standard InChI is InChI=1S/C12H16N2O5/c1-19-7-2-3-8(9(13)6-7)11(16)14-10(4-5-15)12(17)18/h2-3,6,10,15H,4-5,13H2,1H3,(H,14,16)(H,17,18). The van der Waals surface area contributed by atoms with Crippen molar-refractivity contribution in [2.45, 2.75) is 12.5 Å². The maximum Gasteiger partial charge on any atom is 0.326 e. The summed E-state index contributed by atoms with van der Waals surface area (Å²) in [5.41, 5.74) is 6.03. The van der Waals surface area contributed by atoms with E-state index in [0.717, 1.165) is 0 Å². The highest BCUT2D eigenvalue weighted by Gasteiger charge is 2.21. The van der Waals surface area contributed by atoms with Gasteiger partial charge in [-0.15, -0.1) is 0 Å². The molecule has 0 aromatic heterocycles. The molecule has 0 radical (unpaired) electrons. The molecule has 0 saturated carbocycles. The maximum absolute atomic E-state index is 11.9. The topological polar surface area (TPSA) is 122 Å². The second kappa shape index (κ2) is 6.60. The predicted molar refractivity (Wildman–Crippen MR) is 68.0 cm³/mol. The molecule has 7 nitrogen and oxygen atoms in total. The molecule has 0 heterocycles. The molecule has 0 saturated heterocycles. The Labute approximate surface area is 110 Å². The van der Waals surface area contributed by atoms with Crippen molar-refractivity contribution in [2.24, 2.45) is 0 Å². The Bertz CT molecular complexity index is 475. The molecule has 1 amide bonds. The molecule has 5 N–H and O–H groups in total. The Morgan fingerprint density at radius 1 is 1.47 bits per heavy atom. The maximum atomic E-state index is 11.9. The zero-order valence-electron chi connectivity index (χ0n) is 10.4.